The zero-order chi connectivity index (χ0) is 18.3. The Balaban J connectivity index is 1.85. The summed E-state index contributed by atoms with van der Waals surface area (Å²) in [7, 11) is 1.37. The number of carbonyl (C=O) groups is 1. The number of nitrogens with zero attached hydrogens (tertiary/aromatic N) is 5. The molecule has 0 fully saturated rings. The smallest absolute Gasteiger partial charge is 0.337 e. The third-order valence-corrected chi connectivity index (χ3v) is 4.33. The molecule has 0 radical (unpaired) electrons. The van der Waals surface area contributed by atoms with E-state index in [1.54, 1.807) is 22.9 Å². The molecule has 8 heteroatoms. The van der Waals surface area contributed by atoms with Gasteiger partial charge in [-0.3, -0.25) is 0 Å². The Hall–Kier alpha value is -3.16. The Morgan fingerprint density at radius 1 is 1.31 bits per heavy atom. The van der Waals surface area contributed by atoms with Crippen molar-refractivity contribution in [1.29, 1.82) is 0 Å². The van der Waals surface area contributed by atoms with Crippen molar-refractivity contribution in [2.75, 3.05) is 13.7 Å². The van der Waals surface area contributed by atoms with Gasteiger partial charge in [0.2, 0.25) is 5.95 Å². The lowest BCUT2D eigenvalue weighted by atomic mass is 10.0. The number of esters is 1. The van der Waals surface area contributed by atoms with E-state index >= 15 is 0 Å². The largest absolute Gasteiger partial charge is 0.493 e. The standard InChI is InChI=1S/C18H19N5O3/c1-11(2)23-18(19-10-20-23)22-9-14-13-8-12(17(24)25-3)4-5-16(13)26-7-6-15(14)21-22/h4-5,8-11H,6-7H2,1-3H3. The van der Waals surface area contributed by atoms with Gasteiger partial charge in [-0.2, -0.15) is 15.2 Å². The normalized spacial score (nSPS) is 12.9. The van der Waals surface area contributed by atoms with Crippen molar-refractivity contribution in [3.05, 3.63) is 42.0 Å². The minimum Gasteiger partial charge on any atom is -0.493 e. The molecule has 1 aromatic carbocycles. The van der Waals surface area contributed by atoms with E-state index in [9.17, 15) is 4.79 Å². The summed E-state index contributed by atoms with van der Waals surface area (Å²) >= 11 is 0. The summed E-state index contributed by atoms with van der Waals surface area (Å²) in [5.41, 5.74) is 3.11. The van der Waals surface area contributed by atoms with Crippen LogP contribution in [0.5, 0.6) is 5.75 Å². The third-order valence-electron chi connectivity index (χ3n) is 4.33. The maximum Gasteiger partial charge on any atom is 0.337 e. The fourth-order valence-corrected chi connectivity index (χ4v) is 3.06. The Labute approximate surface area is 150 Å². The highest BCUT2D eigenvalue weighted by atomic mass is 16.5. The number of aromatic nitrogens is 5. The zero-order valence-corrected chi connectivity index (χ0v) is 14.8. The molecule has 0 N–H and O–H groups in total. The summed E-state index contributed by atoms with van der Waals surface area (Å²) in [5, 5.41) is 8.96. The van der Waals surface area contributed by atoms with Gasteiger partial charge in [0.1, 0.15) is 12.1 Å². The van der Waals surface area contributed by atoms with E-state index in [2.05, 4.69) is 15.2 Å². The number of methoxy groups -OCH3 is 1. The quantitative estimate of drug-likeness (QED) is 0.673. The summed E-state index contributed by atoms with van der Waals surface area (Å²) < 4.78 is 14.2. The van der Waals surface area contributed by atoms with Crippen molar-refractivity contribution in [2.45, 2.75) is 26.3 Å². The topological polar surface area (TPSA) is 84.1 Å². The van der Waals surface area contributed by atoms with Crippen LogP contribution in [0.15, 0.2) is 30.7 Å². The molecule has 0 bridgehead atoms. The molecule has 1 aliphatic rings. The number of benzene rings is 1. The van der Waals surface area contributed by atoms with Crippen molar-refractivity contribution < 1.29 is 14.3 Å². The molecule has 4 rings (SSSR count). The van der Waals surface area contributed by atoms with Crippen molar-refractivity contribution in [3.8, 4) is 22.8 Å². The van der Waals surface area contributed by atoms with E-state index in [0.29, 0.717) is 24.5 Å². The summed E-state index contributed by atoms with van der Waals surface area (Å²) in [6, 6.07) is 5.45. The zero-order valence-electron chi connectivity index (χ0n) is 14.8. The van der Waals surface area contributed by atoms with Gasteiger partial charge in [-0.15, -0.1) is 0 Å². The lowest BCUT2D eigenvalue weighted by Crippen LogP contribution is -2.11. The molecule has 0 atom stereocenters. The molecule has 3 heterocycles. The van der Waals surface area contributed by atoms with Gasteiger partial charge in [-0.25, -0.2) is 14.2 Å². The van der Waals surface area contributed by atoms with Gasteiger partial charge in [0.05, 0.1) is 31.0 Å². The highest BCUT2D eigenvalue weighted by Crippen LogP contribution is 2.36. The second kappa shape index (κ2) is 6.29. The molecule has 0 saturated carbocycles. The monoisotopic (exact) mass is 353 g/mol. The second-order valence-corrected chi connectivity index (χ2v) is 6.33. The minimum atomic E-state index is -0.384. The van der Waals surface area contributed by atoms with Crippen LogP contribution in [0.4, 0.5) is 0 Å². The van der Waals surface area contributed by atoms with E-state index in [0.717, 1.165) is 22.6 Å². The molecular weight excluding hydrogens is 334 g/mol. The molecule has 0 unspecified atom stereocenters. The van der Waals surface area contributed by atoms with Gasteiger partial charge >= 0.3 is 5.97 Å². The number of hydrogen-bond donors (Lipinski definition) is 0. The van der Waals surface area contributed by atoms with Gasteiger partial charge < -0.3 is 9.47 Å². The second-order valence-electron chi connectivity index (χ2n) is 6.33. The molecule has 1 aliphatic heterocycles. The first-order valence-electron chi connectivity index (χ1n) is 8.42. The van der Waals surface area contributed by atoms with Gasteiger partial charge in [0.15, 0.2) is 0 Å². The summed E-state index contributed by atoms with van der Waals surface area (Å²) in [6.45, 7) is 4.60. The van der Waals surface area contributed by atoms with Gasteiger partial charge in [-0.1, -0.05) is 0 Å². The molecule has 2 aromatic heterocycles. The molecule has 8 nitrogen and oxygen atoms in total. The molecule has 0 spiro atoms. The van der Waals surface area contributed by atoms with E-state index in [-0.39, 0.29) is 12.0 Å². The van der Waals surface area contributed by atoms with E-state index in [1.807, 2.05) is 24.7 Å². The lowest BCUT2D eigenvalue weighted by molar-refractivity contribution is 0.0600. The van der Waals surface area contributed by atoms with Crippen molar-refractivity contribution in [1.82, 2.24) is 24.5 Å². The van der Waals surface area contributed by atoms with Crippen LogP contribution in [0.1, 0.15) is 35.9 Å². The van der Waals surface area contributed by atoms with Gasteiger partial charge in [0.25, 0.3) is 0 Å². The number of hydrogen-bond acceptors (Lipinski definition) is 6. The summed E-state index contributed by atoms with van der Waals surface area (Å²) in [4.78, 5) is 16.2. The van der Waals surface area contributed by atoms with Crippen LogP contribution in [-0.2, 0) is 11.2 Å². The number of carbonyl (C=O) groups excluding carboxylic acids is 1. The first kappa shape index (κ1) is 16.3. The molecule has 3 aromatic rings. The lowest BCUT2D eigenvalue weighted by Gasteiger charge is -2.10. The van der Waals surface area contributed by atoms with Crippen LogP contribution in [0.2, 0.25) is 0 Å². The van der Waals surface area contributed by atoms with Gasteiger partial charge in [0, 0.05) is 23.7 Å². The molecule has 0 aliphatic carbocycles. The summed E-state index contributed by atoms with van der Waals surface area (Å²) in [5.74, 6) is 0.992. The maximum atomic E-state index is 11.9. The third kappa shape index (κ3) is 2.63. The Kier molecular flexibility index (Phi) is 3.95. The van der Waals surface area contributed by atoms with Crippen molar-refractivity contribution in [3.63, 3.8) is 0 Å². The average molecular weight is 353 g/mol. The molecule has 0 saturated heterocycles. The average Bonchev–Trinajstić information content (AvgIpc) is 3.25. The number of rotatable bonds is 3. The van der Waals surface area contributed by atoms with Crippen LogP contribution < -0.4 is 4.74 Å². The summed E-state index contributed by atoms with van der Waals surface area (Å²) in [6.07, 6.45) is 4.10. The first-order chi connectivity index (χ1) is 12.6. The Morgan fingerprint density at radius 3 is 2.92 bits per heavy atom. The van der Waals surface area contributed by atoms with Crippen LogP contribution in [0.3, 0.4) is 0 Å². The molecule has 26 heavy (non-hydrogen) atoms. The molecular formula is C18H19N5O3. The molecule has 134 valence electrons. The predicted molar refractivity (Wildman–Crippen MR) is 93.5 cm³/mol. The van der Waals surface area contributed by atoms with Crippen molar-refractivity contribution >= 4 is 5.97 Å². The van der Waals surface area contributed by atoms with Crippen LogP contribution in [-0.4, -0.2) is 44.2 Å². The maximum absolute atomic E-state index is 11.9. The van der Waals surface area contributed by atoms with Crippen LogP contribution in [0.25, 0.3) is 17.1 Å². The SMILES string of the molecule is COC(=O)c1ccc2c(c1)-c1cn(-c3ncnn3C(C)C)nc1CCO2. The van der Waals surface area contributed by atoms with Gasteiger partial charge in [-0.05, 0) is 32.0 Å². The number of ether oxygens (including phenoxy) is 2. The minimum absolute atomic E-state index is 0.165. The van der Waals surface area contributed by atoms with E-state index in [1.165, 1.54) is 13.4 Å². The highest BCUT2D eigenvalue weighted by Gasteiger charge is 2.22. The van der Waals surface area contributed by atoms with Crippen molar-refractivity contribution in [2.24, 2.45) is 0 Å². The first-order valence-corrected chi connectivity index (χ1v) is 8.42. The highest BCUT2D eigenvalue weighted by molar-refractivity contribution is 5.92. The predicted octanol–water partition coefficient (Wildman–Crippen LogP) is 2.43. The molecule has 0 amide bonds. The number of fused-ring (bicyclic) bond motifs is 3. The van der Waals surface area contributed by atoms with E-state index in [4.69, 9.17) is 9.47 Å². The Bertz CT molecular complexity index is 973. The van der Waals surface area contributed by atoms with E-state index < -0.39 is 0 Å². The van der Waals surface area contributed by atoms with Crippen LogP contribution >= 0.6 is 0 Å². The fraction of sp³-hybridized carbons (Fsp3) is 0.333. The fourth-order valence-electron chi connectivity index (χ4n) is 3.06. The Morgan fingerprint density at radius 2 is 2.15 bits per heavy atom. The van der Waals surface area contributed by atoms with Crippen LogP contribution in [0, 0.1) is 0 Å².